The molecule has 0 saturated heterocycles. The van der Waals surface area contributed by atoms with Crippen LogP contribution in [0.5, 0.6) is 0 Å². The lowest BCUT2D eigenvalue weighted by molar-refractivity contribution is -0.127. The van der Waals surface area contributed by atoms with E-state index in [-0.39, 0.29) is 5.78 Å². The molecule has 0 aromatic heterocycles. The molecule has 1 aliphatic rings. The van der Waals surface area contributed by atoms with Gasteiger partial charge in [0.2, 0.25) is 0 Å². The Hall–Kier alpha value is -0.630. The average Bonchev–Trinajstić information content (AvgIpc) is 1.80. The third kappa shape index (κ3) is 1.39. The molecule has 1 atom stereocenters. The molecular weight excluding hydrogens is 116 g/mol. The first-order chi connectivity index (χ1) is 4.20. The predicted octanol–water partition coefficient (Wildman–Crippen LogP) is 0.657. The van der Waals surface area contributed by atoms with Crippen molar-refractivity contribution in [3.63, 3.8) is 0 Å². The first kappa shape index (κ1) is 6.49. The summed E-state index contributed by atoms with van der Waals surface area (Å²) in [4.78, 5) is 10.7. The van der Waals surface area contributed by atoms with E-state index in [9.17, 15) is 4.79 Å². The Morgan fingerprint density at radius 1 is 1.67 bits per heavy atom. The fourth-order valence-electron chi connectivity index (χ4n) is 0.954. The van der Waals surface area contributed by atoms with Crippen LogP contribution in [-0.2, 0) is 4.79 Å². The molecule has 0 heterocycles. The minimum Gasteiger partial charge on any atom is -0.385 e. The van der Waals surface area contributed by atoms with Crippen molar-refractivity contribution in [2.45, 2.75) is 25.4 Å². The summed E-state index contributed by atoms with van der Waals surface area (Å²) in [5, 5.41) is 8.90. The standard InChI is InChI=1S/C7H10O2/c1-5-2-3-6(8)7(9)4-5/h6,8H,1-4H2. The van der Waals surface area contributed by atoms with E-state index in [4.69, 9.17) is 5.11 Å². The number of ketones is 1. The molecule has 9 heavy (non-hydrogen) atoms. The Kier molecular flexibility index (Phi) is 1.67. The third-order valence-corrected chi connectivity index (χ3v) is 1.57. The number of hydrogen-bond acceptors (Lipinski definition) is 2. The zero-order chi connectivity index (χ0) is 6.85. The summed E-state index contributed by atoms with van der Waals surface area (Å²) in [6, 6.07) is 0. The Morgan fingerprint density at radius 3 is 2.78 bits per heavy atom. The summed E-state index contributed by atoms with van der Waals surface area (Å²) in [6.07, 6.45) is 1.03. The Balaban J connectivity index is 2.54. The number of hydrogen-bond donors (Lipinski definition) is 1. The molecule has 0 amide bonds. The number of carbonyl (C=O) groups excluding carboxylic acids is 1. The minimum atomic E-state index is -0.713. The molecule has 1 fully saturated rings. The second kappa shape index (κ2) is 2.31. The molecule has 0 spiro atoms. The third-order valence-electron chi connectivity index (χ3n) is 1.57. The largest absolute Gasteiger partial charge is 0.385 e. The quantitative estimate of drug-likeness (QED) is 0.484. The van der Waals surface area contributed by atoms with Crippen LogP contribution in [0.4, 0.5) is 0 Å². The number of aliphatic hydroxyl groups excluding tert-OH is 1. The Bertz CT molecular complexity index is 149. The lowest BCUT2D eigenvalue weighted by Crippen LogP contribution is -2.24. The molecule has 0 aliphatic heterocycles. The van der Waals surface area contributed by atoms with E-state index >= 15 is 0 Å². The van der Waals surface area contributed by atoms with E-state index in [0.717, 1.165) is 12.0 Å². The molecule has 1 saturated carbocycles. The summed E-state index contributed by atoms with van der Waals surface area (Å²) in [6.45, 7) is 3.67. The molecule has 0 bridgehead atoms. The van der Waals surface area contributed by atoms with Crippen LogP contribution in [0.2, 0.25) is 0 Å². The van der Waals surface area contributed by atoms with Gasteiger partial charge in [0.15, 0.2) is 5.78 Å². The fourth-order valence-corrected chi connectivity index (χ4v) is 0.954. The van der Waals surface area contributed by atoms with E-state index in [1.54, 1.807) is 0 Å². The van der Waals surface area contributed by atoms with Gasteiger partial charge in [-0.1, -0.05) is 12.2 Å². The highest BCUT2D eigenvalue weighted by Gasteiger charge is 2.20. The molecule has 1 aliphatic carbocycles. The number of rotatable bonds is 0. The van der Waals surface area contributed by atoms with Crippen LogP contribution in [-0.4, -0.2) is 17.0 Å². The molecule has 1 rings (SSSR count). The first-order valence-corrected chi connectivity index (χ1v) is 3.07. The van der Waals surface area contributed by atoms with Gasteiger partial charge in [-0.05, 0) is 12.8 Å². The van der Waals surface area contributed by atoms with Crippen molar-refractivity contribution in [2.24, 2.45) is 0 Å². The maximum Gasteiger partial charge on any atom is 0.165 e. The summed E-state index contributed by atoms with van der Waals surface area (Å²) >= 11 is 0. The number of aliphatic hydroxyl groups is 1. The van der Waals surface area contributed by atoms with Gasteiger partial charge in [0.1, 0.15) is 6.10 Å². The van der Waals surface area contributed by atoms with E-state index < -0.39 is 6.10 Å². The van der Waals surface area contributed by atoms with Crippen molar-refractivity contribution in [3.05, 3.63) is 12.2 Å². The van der Waals surface area contributed by atoms with Gasteiger partial charge in [0.05, 0.1) is 0 Å². The second-order valence-corrected chi connectivity index (χ2v) is 2.45. The molecule has 1 N–H and O–H groups in total. The van der Waals surface area contributed by atoms with Gasteiger partial charge in [-0.25, -0.2) is 0 Å². The van der Waals surface area contributed by atoms with Gasteiger partial charge < -0.3 is 5.11 Å². The maximum atomic E-state index is 10.7. The maximum absolute atomic E-state index is 10.7. The van der Waals surface area contributed by atoms with Gasteiger partial charge in [-0.15, -0.1) is 0 Å². The van der Waals surface area contributed by atoms with Crippen molar-refractivity contribution in [3.8, 4) is 0 Å². The van der Waals surface area contributed by atoms with E-state index in [1.165, 1.54) is 0 Å². The molecular formula is C7H10O2. The zero-order valence-corrected chi connectivity index (χ0v) is 5.26. The van der Waals surface area contributed by atoms with Crippen LogP contribution < -0.4 is 0 Å². The lowest BCUT2D eigenvalue weighted by Gasteiger charge is -2.16. The van der Waals surface area contributed by atoms with Crippen LogP contribution in [0.3, 0.4) is 0 Å². The van der Waals surface area contributed by atoms with E-state index in [2.05, 4.69) is 6.58 Å². The lowest BCUT2D eigenvalue weighted by atomic mass is 9.93. The molecule has 50 valence electrons. The number of allylic oxidation sites excluding steroid dienone is 1. The summed E-state index contributed by atoms with van der Waals surface area (Å²) in [5.41, 5.74) is 0.949. The topological polar surface area (TPSA) is 37.3 Å². The Morgan fingerprint density at radius 2 is 2.33 bits per heavy atom. The van der Waals surface area contributed by atoms with Crippen molar-refractivity contribution < 1.29 is 9.90 Å². The van der Waals surface area contributed by atoms with Gasteiger partial charge in [0, 0.05) is 6.42 Å². The van der Waals surface area contributed by atoms with Crippen molar-refractivity contribution in [1.82, 2.24) is 0 Å². The normalized spacial score (nSPS) is 28.8. The highest BCUT2D eigenvalue weighted by Crippen LogP contribution is 2.18. The molecule has 1 unspecified atom stereocenters. The molecule has 0 radical (unpaired) electrons. The van der Waals surface area contributed by atoms with Gasteiger partial charge in [-0.2, -0.15) is 0 Å². The van der Waals surface area contributed by atoms with Crippen molar-refractivity contribution in [2.75, 3.05) is 0 Å². The molecule has 0 aromatic carbocycles. The van der Waals surface area contributed by atoms with Gasteiger partial charge in [0.25, 0.3) is 0 Å². The number of Topliss-reactive ketones (excluding diaryl/α,β-unsaturated/α-hetero) is 1. The number of carbonyl (C=O) groups is 1. The molecule has 0 aromatic rings. The van der Waals surface area contributed by atoms with Crippen LogP contribution >= 0.6 is 0 Å². The average molecular weight is 126 g/mol. The zero-order valence-electron chi connectivity index (χ0n) is 5.26. The summed E-state index contributed by atoms with van der Waals surface area (Å²) in [5.74, 6) is -0.0775. The highest BCUT2D eigenvalue weighted by molar-refractivity contribution is 5.85. The molecule has 2 heteroatoms. The van der Waals surface area contributed by atoms with Gasteiger partial charge >= 0.3 is 0 Å². The molecule has 2 nitrogen and oxygen atoms in total. The summed E-state index contributed by atoms with van der Waals surface area (Å²) < 4.78 is 0. The van der Waals surface area contributed by atoms with E-state index in [1.807, 2.05) is 0 Å². The fraction of sp³-hybridized carbons (Fsp3) is 0.571. The van der Waals surface area contributed by atoms with E-state index in [0.29, 0.717) is 12.8 Å². The smallest absolute Gasteiger partial charge is 0.165 e. The first-order valence-electron chi connectivity index (χ1n) is 3.07. The SMILES string of the molecule is C=C1CCC(O)C(=O)C1. The van der Waals surface area contributed by atoms with Crippen molar-refractivity contribution in [1.29, 1.82) is 0 Å². The minimum absolute atomic E-state index is 0.0775. The Labute approximate surface area is 54.2 Å². The van der Waals surface area contributed by atoms with Crippen LogP contribution in [0, 0.1) is 0 Å². The highest BCUT2D eigenvalue weighted by atomic mass is 16.3. The van der Waals surface area contributed by atoms with Gasteiger partial charge in [-0.3, -0.25) is 4.79 Å². The van der Waals surface area contributed by atoms with Crippen LogP contribution in [0.1, 0.15) is 19.3 Å². The summed E-state index contributed by atoms with van der Waals surface area (Å²) in [7, 11) is 0. The van der Waals surface area contributed by atoms with Crippen LogP contribution in [0.25, 0.3) is 0 Å². The monoisotopic (exact) mass is 126 g/mol. The van der Waals surface area contributed by atoms with Crippen molar-refractivity contribution >= 4 is 5.78 Å². The van der Waals surface area contributed by atoms with Crippen LogP contribution in [0.15, 0.2) is 12.2 Å². The predicted molar refractivity (Wildman–Crippen MR) is 34.0 cm³/mol. The second-order valence-electron chi connectivity index (χ2n) is 2.45.